The van der Waals surface area contributed by atoms with Crippen LogP contribution in [0, 0.1) is 0 Å². The number of ether oxygens (including phenoxy) is 5. The van der Waals surface area contributed by atoms with Gasteiger partial charge in [-0.3, -0.25) is 14.4 Å². The Morgan fingerprint density at radius 3 is 1.33 bits per heavy atom. The third-order valence-electron chi connectivity index (χ3n) is 12.7. The lowest BCUT2D eigenvalue weighted by Gasteiger charge is -2.40. The van der Waals surface area contributed by atoms with Gasteiger partial charge < -0.3 is 39.0 Å². The fraction of sp³-hybridized carbons (Fsp3) is 0.683. The van der Waals surface area contributed by atoms with Gasteiger partial charge in [0.25, 0.3) is 0 Å². The molecule has 1 rings (SSSR count). The first-order chi connectivity index (χ1) is 36.6. The highest BCUT2D eigenvalue weighted by atomic mass is 16.7. The summed E-state index contributed by atoms with van der Waals surface area (Å²) in [5.74, 6) is -3.25. The largest absolute Gasteiger partial charge is 0.479 e. The summed E-state index contributed by atoms with van der Waals surface area (Å²) < 4.78 is 28.3. The Kier molecular flexibility index (Phi) is 46.2. The smallest absolute Gasteiger partial charge is 0.335 e. The summed E-state index contributed by atoms with van der Waals surface area (Å²) >= 11 is 0. The molecule has 0 bridgehead atoms. The zero-order chi connectivity index (χ0) is 54.7. The highest BCUT2D eigenvalue weighted by molar-refractivity contribution is 5.74. The van der Waals surface area contributed by atoms with Crippen LogP contribution in [-0.4, -0.2) is 89.2 Å². The van der Waals surface area contributed by atoms with Crippen molar-refractivity contribution < 1.29 is 58.2 Å². The lowest BCUT2D eigenvalue weighted by molar-refractivity contribution is -0.301. The van der Waals surface area contributed by atoms with Crippen LogP contribution < -0.4 is 0 Å². The molecular formula is C63H102O12. The van der Waals surface area contributed by atoms with Gasteiger partial charge in [0, 0.05) is 19.3 Å². The van der Waals surface area contributed by atoms with Crippen molar-refractivity contribution in [1.82, 2.24) is 0 Å². The third kappa shape index (κ3) is 40.6. The summed E-state index contributed by atoms with van der Waals surface area (Å²) in [5, 5.41) is 31.5. The highest BCUT2D eigenvalue weighted by Gasteiger charge is 2.50. The van der Waals surface area contributed by atoms with E-state index in [2.05, 4.69) is 106 Å². The van der Waals surface area contributed by atoms with Crippen LogP contribution >= 0.6 is 0 Å². The molecule has 0 amide bonds. The van der Waals surface area contributed by atoms with Crippen LogP contribution in [-0.2, 0) is 42.9 Å². The Bertz CT molecular complexity index is 1670. The Hall–Kier alpha value is -4.36. The molecule has 0 spiro atoms. The number of rotatable bonds is 48. The van der Waals surface area contributed by atoms with Gasteiger partial charge >= 0.3 is 23.9 Å². The third-order valence-corrected chi connectivity index (χ3v) is 12.7. The lowest BCUT2D eigenvalue weighted by atomic mass is 9.98. The van der Waals surface area contributed by atoms with Crippen molar-refractivity contribution in [2.75, 3.05) is 13.2 Å². The normalized spacial score (nSPS) is 18.9. The van der Waals surface area contributed by atoms with Crippen molar-refractivity contribution >= 4 is 23.9 Å². The fourth-order valence-electron chi connectivity index (χ4n) is 8.25. The number of allylic oxidation sites excluding steroid dienone is 16. The van der Waals surface area contributed by atoms with Crippen molar-refractivity contribution in [1.29, 1.82) is 0 Å². The summed E-state index contributed by atoms with van der Waals surface area (Å²) in [6, 6.07) is 0. The summed E-state index contributed by atoms with van der Waals surface area (Å²) in [4.78, 5) is 51.0. The maximum Gasteiger partial charge on any atom is 0.335 e. The van der Waals surface area contributed by atoms with Crippen molar-refractivity contribution in [2.24, 2.45) is 0 Å². The van der Waals surface area contributed by atoms with Crippen molar-refractivity contribution in [3.8, 4) is 0 Å². The number of hydrogen-bond donors (Lipinski definition) is 3. The standard InChI is InChI=1S/C63H102O12/c1-4-7-10-13-16-19-22-25-26-27-28-29-30-33-36-39-42-45-48-51-57(66)74-61-59(68)58(67)60(62(69)70)75-63(61)72-53-54(73-56(65)50-47-44-41-38-35-32-24-21-18-15-12-9-6-3)52-71-55(64)49-46-43-40-37-34-31-23-20-17-14-11-8-5-2/h7-8,10-11,16-17,19-20,25-26,28-29,31,34,40,43,54,58-61,63,67-68H,4-6,9,12-15,18,21-24,27,30,32-33,35-39,41-42,44-53H2,1-3H3,(H,69,70)/b10-7-,11-8-,19-16-,20-17-,26-25-,29-28-,34-31-,43-40-. The molecule has 0 radical (unpaired) electrons. The Morgan fingerprint density at radius 2 is 0.867 bits per heavy atom. The van der Waals surface area contributed by atoms with E-state index in [4.69, 9.17) is 23.7 Å². The molecule has 1 aliphatic heterocycles. The van der Waals surface area contributed by atoms with Crippen molar-refractivity contribution in [2.45, 2.75) is 263 Å². The summed E-state index contributed by atoms with van der Waals surface area (Å²) in [6.45, 7) is 5.69. The number of esters is 3. The minimum Gasteiger partial charge on any atom is -0.479 e. The molecule has 3 N–H and O–H groups in total. The van der Waals surface area contributed by atoms with Gasteiger partial charge in [-0.1, -0.05) is 221 Å². The number of hydrogen-bond acceptors (Lipinski definition) is 11. The molecule has 0 aromatic carbocycles. The molecule has 1 aliphatic rings. The number of aliphatic carboxylic acids is 1. The molecule has 6 unspecified atom stereocenters. The van der Waals surface area contributed by atoms with Gasteiger partial charge in [0.1, 0.15) is 18.8 Å². The molecule has 12 nitrogen and oxygen atoms in total. The first-order valence-electron chi connectivity index (χ1n) is 29.2. The van der Waals surface area contributed by atoms with Gasteiger partial charge in [0.05, 0.1) is 6.61 Å². The predicted molar refractivity (Wildman–Crippen MR) is 303 cm³/mol. The van der Waals surface area contributed by atoms with Gasteiger partial charge in [0.15, 0.2) is 24.6 Å². The molecule has 0 saturated carbocycles. The first kappa shape index (κ1) is 68.7. The minimum absolute atomic E-state index is 0.0344. The van der Waals surface area contributed by atoms with E-state index in [-0.39, 0.29) is 25.9 Å². The first-order valence-corrected chi connectivity index (χ1v) is 29.2. The van der Waals surface area contributed by atoms with E-state index in [1.165, 1.54) is 57.8 Å². The average Bonchev–Trinajstić information content (AvgIpc) is 3.39. The average molecular weight is 1050 g/mol. The van der Waals surface area contributed by atoms with Crippen LogP contribution in [0.2, 0.25) is 0 Å². The van der Waals surface area contributed by atoms with E-state index >= 15 is 0 Å². The van der Waals surface area contributed by atoms with Crippen LogP contribution in [0.3, 0.4) is 0 Å². The van der Waals surface area contributed by atoms with E-state index in [9.17, 15) is 34.5 Å². The second kappa shape index (κ2) is 50.5. The molecular weight excluding hydrogens is 949 g/mol. The fourth-order valence-corrected chi connectivity index (χ4v) is 8.25. The maximum atomic E-state index is 13.1. The second-order valence-corrected chi connectivity index (χ2v) is 19.5. The number of carbonyl (C=O) groups excluding carboxylic acids is 3. The SMILES string of the molecule is CC/C=C\C/C=C\C/C=C\C/C=C\CCCCCCCCC(=O)OC1C(OCC(COC(=O)CC/C=C\C/C=C\C/C=C\C/C=C\CC)OC(=O)CCCCCCCCCCCCCCC)OC(C(=O)O)C(O)C1O. The lowest BCUT2D eigenvalue weighted by Crippen LogP contribution is -2.61. The number of carboxylic acid groups (broad SMARTS) is 1. The highest BCUT2D eigenvalue weighted by Crippen LogP contribution is 2.26. The van der Waals surface area contributed by atoms with Gasteiger partial charge in [-0.15, -0.1) is 0 Å². The second-order valence-electron chi connectivity index (χ2n) is 19.5. The quantitative estimate of drug-likeness (QED) is 0.0228. The maximum absolute atomic E-state index is 13.1. The topological polar surface area (TPSA) is 175 Å². The number of aliphatic hydroxyl groups is 2. The van der Waals surface area contributed by atoms with E-state index in [1.807, 2.05) is 12.2 Å². The molecule has 426 valence electrons. The van der Waals surface area contributed by atoms with E-state index in [1.54, 1.807) is 0 Å². The van der Waals surface area contributed by atoms with Gasteiger partial charge in [-0.25, -0.2) is 4.79 Å². The van der Waals surface area contributed by atoms with E-state index < -0.39 is 67.3 Å². The zero-order valence-corrected chi connectivity index (χ0v) is 46.8. The Balaban J connectivity index is 2.72. The summed E-state index contributed by atoms with van der Waals surface area (Å²) in [5.41, 5.74) is 0. The molecule has 1 saturated heterocycles. The molecule has 0 aromatic rings. The van der Waals surface area contributed by atoms with Crippen molar-refractivity contribution in [3.05, 3.63) is 97.2 Å². The minimum atomic E-state index is -1.92. The van der Waals surface area contributed by atoms with Crippen LogP contribution in [0.4, 0.5) is 0 Å². The molecule has 0 aromatic heterocycles. The molecule has 1 fully saturated rings. The molecule has 75 heavy (non-hydrogen) atoms. The van der Waals surface area contributed by atoms with Crippen LogP contribution in [0.25, 0.3) is 0 Å². The molecule has 0 aliphatic carbocycles. The monoisotopic (exact) mass is 1050 g/mol. The zero-order valence-electron chi connectivity index (χ0n) is 46.8. The van der Waals surface area contributed by atoms with Crippen LogP contribution in [0.15, 0.2) is 97.2 Å². The Labute approximate surface area is 453 Å². The predicted octanol–water partition coefficient (Wildman–Crippen LogP) is 14.9. The number of aliphatic hydroxyl groups excluding tert-OH is 2. The van der Waals surface area contributed by atoms with Gasteiger partial charge in [-0.05, 0) is 83.5 Å². The van der Waals surface area contributed by atoms with E-state index in [0.717, 1.165) is 109 Å². The van der Waals surface area contributed by atoms with E-state index in [0.29, 0.717) is 19.3 Å². The molecule has 6 atom stereocenters. The van der Waals surface area contributed by atoms with Crippen LogP contribution in [0.5, 0.6) is 0 Å². The number of unbranched alkanes of at least 4 members (excludes halogenated alkanes) is 18. The van der Waals surface area contributed by atoms with Gasteiger partial charge in [0.2, 0.25) is 0 Å². The van der Waals surface area contributed by atoms with Crippen LogP contribution in [0.1, 0.15) is 226 Å². The van der Waals surface area contributed by atoms with Gasteiger partial charge in [-0.2, -0.15) is 0 Å². The van der Waals surface area contributed by atoms with Crippen molar-refractivity contribution in [3.63, 3.8) is 0 Å². The Morgan fingerprint density at radius 1 is 0.453 bits per heavy atom. The molecule has 12 heteroatoms. The summed E-state index contributed by atoms with van der Waals surface area (Å²) in [7, 11) is 0. The summed E-state index contributed by atoms with van der Waals surface area (Å²) in [6.07, 6.45) is 53.9. The number of carboxylic acids is 1. The molecule has 1 heterocycles. The number of carbonyl (C=O) groups is 4.